The Labute approximate surface area is 153 Å². The minimum absolute atomic E-state index is 0.118. The molecule has 1 aromatic heterocycles. The fourth-order valence-corrected chi connectivity index (χ4v) is 2.88. The number of hydrogen-bond donors (Lipinski definition) is 0. The summed E-state index contributed by atoms with van der Waals surface area (Å²) in [7, 11) is 3.49. The Bertz CT molecular complexity index is 842. The fraction of sp³-hybridized carbons (Fsp3) is 0.238. The molecule has 134 valence electrons. The zero-order valence-electron chi connectivity index (χ0n) is 15.1. The number of aryl methyl sites for hydroxylation is 1. The first-order valence-corrected chi connectivity index (χ1v) is 8.62. The van der Waals surface area contributed by atoms with Crippen LogP contribution in [0.15, 0.2) is 67.0 Å². The summed E-state index contributed by atoms with van der Waals surface area (Å²) in [5.74, 6) is 0.948. The van der Waals surface area contributed by atoms with Crippen LogP contribution in [-0.2, 0) is 17.8 Å². The molecule has 0 aliphatic heterocycles. The SMILES string of the molecule is COc1ccccc1CCC(=O)N(C)Cc1ccc(-n2cccn2)cc1. The normalized spacial score (nSPS) is 10.5. The quantitative estimate of drug-likeness (QED) is 0.656. The van der Waals surface area contributed by atoms with Crippen LogP contribution in [0.5, 0.6) is 5.75 Å². The Kier molecular flexibility index (Phi) is 5.69. The van der Waals surface area contributed by atoms with E-state index in [1.54, 1.807) is 18.2 Å². The van der Waals surface area contributed by atoms with Gasteiger partial charge in [-0.25, -0.2) is 4.68 Å². The molecule has 0 bridgehead atoms. The summed E-state index contributed by atoms with van der Waals surface area (Å²) in [4.78, 5) is 14.2. The number of methoxy groups -OCH3 is 1. The van der Waals surface area contributed by atoms with E-state index in [0.29, 0.717) is 19.4 Å². The van der Waals surface area contributed by atoms with Gasteiger partial charge in [0.05, 0.1) is 12.8 Å². The molecule has 0 N–H and O–H groups in total. The van der Waals surface area contributed by atoms with Crippen LogP contribution < -0.4 is 4.74 Å². The number of aromatic nitrogens is 2. The Balaban J connectivity index is 1.55. The summed E-state index contributed by atoms with van der Waals surface area (Å²) in [5.41, 5.74) is 3.15. The number of ether oxygens (including phenoxy) is 1. The van der Waals surface area contributed by atoms with Crippen LogP contribution in [0.3, 0.4) is 0 Å². The van der Waals surface area contributed by atoms with Gasteiger partial charge >= 0.3 is 0 Å². The number of amides is 1. The van der Waals surface area contributed by atoms with Crippen LogP contribution in [0, 0.1) is 0 Å². The maximum absolute atomic E-state index is 12.4. The molecule has 3 aromatic rings. The molecule has 5 heteroatoms. The minimum Gasteiger partial charge on any atom is -0.496 e. The summed E-state index contributed by atoms with van der Waals surface area (Å²) in [6.07, 6.45) is 4.79. The first-order chi connectivity index (χ1) is 12.7. The molecule has 0 fully saturated rings. The summed E-state index contributed by atoms with van der Waals surface area (Å²) >= 11 is 0. The van der Waals surface area contributed by atoms with Crippen LogP contribution in [0.25, 0.3) is 5.69 Å². The Morgan fingerprint density at radius 1 is 1.12 bits per heavy atom. The van der Waals surface area contributed by atoms with Gasteiger partial charge in [-0.2, -0.15) is 5.10 Å². The van der Waals surface area contributed by atoms with Gasteiger partial charge in [-0.05, 0) is 41.8 Å². The molecule has 1 heterocycles. The zero-order valence-corrected chi connectivity index (χ0v) is 15.1. The van der Waals surface area contributed by atoms with Gasteiger partial charge in [0, 0.05) is 32.4 Å². The molecule has 5 nitrogen and oxygen atoms in total. The minimum atomic E-state index is 0.118. The van der Waals surface area contributed by atoms with Crippen LogP contribution in [0.4, 0.5) is 0 Å². The molecular formula is C21H23N3O2. The van der Waals surface area contributed by atoms with Crippen molar-refractivity contribution in [2.24, 2.45) is 0 Å². The molecule has 0 saturated heterocycles. The number of carbonyl (C=O) groups is 1. The predicted molar refractivity (Wildman–Crippen MR) is 101 cm³/mol. The second kappa shape index (κ2) is 8.34. The summed E-state index contributed by atoms with van der Waals surface area (Å²) < 4.78 is 7.15. The first-order valence-electron chi connectivity index (χ1n) is 8.62. The molecule has 0 atom stereocenters. The Morgan fingerprint density at radius 2 is 1.88 bits per heavy atom. The van der Waals surface area contributed by atoms with Crippen molar-refractivity contribution in [1.29, 1.82) is 0 Å². The van der Waals surface area contributed by atoms with Gasteiger partial charge in [0.25, 0.3) is 0 Å². The van der Waals surface area contributed by atoms with Crippen molar-refractivity contribution in [2.75, 3.05) is 14.2 Å². The lowest BCUT2D eigenvalue weighted by Gasteiger charge is -2.18. The molecule has 2 aromatic carbocycles. The van der Waals surface area contributed by atoms with Gasteiger partial charge in [-0.3, -0.25) is 4.79 Å². The van der Waals surface area contributed by atoms with E-state index >= 15 is 0 Å². The van der Waals surface area contributed by atoms with Crippen molar-refractivity contribution in [3.8, 4) is 11.4 Å². The molecule has 0 spiro atoms. The number of carbonyl (C=O) groups excluding carboxylic acids is 1. The van der Waals surface area contributed by atoms with Crippen LogP contribution >= 0.6 is 0 Å². The summed E-state index contributed by atoms with van der Waals surface area (Å²) in [6.45, 7) is 0.587. The van der Waals surface area contributed by atoms with Crippen LogP contribution in [-0.4, -0.2) is 34.7 Å². The fourth-order valence-electron chi connectivity index (χ4n) is 2.88. The van der Waals surface area contributed by atoms with Gasteiger partial charge in [-0.1, -0.05) is 30.3 Å². The highest BCUT2D eigenvalue weighted by atomic mass is 16.5. The van der Waals surface area contributed by atoms with Gasteiger partial charge in [0.1, 0.15) is 5.75 Å². The molecular weight excluding hydrogens is 326 g/mol. The molecule has 26 heavy (non-hydrogen) atoms. The number of benzene rings is 2. The average molecular weight is 349 g/mol. The van der Waals surface area contributed by atoms with Crippen molar-refractivity contribution in [3.05, 3.63) is 78.1 Å². The van der Waals surface area contributed by atoms with Gasteiger partial charge in [-0.15, -0.1) is 0 Å². The lowest BCUT2D eigenvalue weighted by atomic mass is 10.1. The second-order valence-corrected chi connectivity index (χ2v) is 6.18. The maximum Gasteiger partial charge on any atom is 0.222 e. The largest absolute Gasteiger partial charge is 0.496 e. The lowest BCUT2D eigenvalue weighted by molar-refractivity contribution is -0.130. The van der Waals surface area contributed by atoms with Crippen molar-refractivity contribution in [3.63, 3.8) is 0 Å². The molecule has 1 amide bonds. The molecule has 0 radical (unpaired) electrons. The highest BCUT2D eigenvalue weighted by molar-refractivity contribution is 5.76. The van der Waals surface area contributed by atoms with Gasteiger partial charge in [0.2, 0.25) is 5.91 Å². The van der Waals surface area contributed by atoms with Gasteiger partial charge < -0.3 is 9.64 Å². The van der Waals surface area contributed by atoms with E-state index in [4.69, 9.17) is 4.74 Å². The van der Waals surface area contributed by atoms with E-state index in [-0.39, 0.29) is 5.91 Å². The molecule has 0 unspecified atom stereocenters. The number of para-hydroxylation sites is 1. The third-order valence-corrected chi connectivity index (χ3v) is 4.35. The summed E-state index contributed by atoms with van der Waals surface area (Å²) in [6, 6.07) is 17.8. The number of rotatable bonds is 7. The van der Waals surface area contributed by atoms with Crippen molar-refractivity contribution in [1.82, 2.24) is 14.7 Å². The second-order valence-electron chi connectivity index (χ2n) is 6.18. The first kappa shape index (κ1) is 17.7. The smallest absolute Gasteiger partial charge is 0.222 e. The van der Waals surface area contributed by atoms with Gasteiger partial charge in [0.15, 0.2) is 0 Å². The van der Waals surface area contributed by atoms with Crippen molar-refractivity contribution >= 4 is 5.91 Å². The van der Waals surface area contributed by atoms with E-state index in [1.807, 2.05) is 72.5 Å². The number of hydrogen-bond acceptors (Lipinski definition) is 3. The van der Waals surface area contributed by atoms with E-state index in [2.05, 4.69) is 5.10 Å². The van der Waals surface area contributed by atoms with Crippen molar-refractivity contribution < 1.29 is 9.53 Å². The van der Waals surface area contributed by atoms with Crippen LogP contribution in [0.2, 0.25) is 0 Å². The standard InChI is InChI=1S/C21H23N3O2/c1-23(21(25)13-10-18-6-3-4-7-20(18)26-2)16-17-8-11-19(12-9-17)24-15-5-14-22-24/h3-9,11-12,14-15H,10,13,16H2,1-2H3. The summed E-state index contributed by atoms with van der Waals surface area (Å²) in [5, 5.41) is 4.21. The average Bonchev–Trinajstić information content (AvgIpc) is 3.21. The predicted octanol–water partition coefficient (Wildman–Crippen LogP) is 3.47. The van der Waals surface area contributed by atoms with E-state index in [9.17, 15) is 4.79 Å². The number of nitrogens with zero attached hydrogens (tertiary/aromatic N) is 3. The molecule has 0 aliphatic rings. The Hall–Kier alpha value is -3.08. The topological polar surface area (TPSA) is 47.4 Å². The highest BCUT2D eigenvalue weighted by Gasteiger charge is 2.11. The Morgan fingerprint density at radius 3 is 2.58 bits per heavy atom. The third kappa shape index (κ3) is 4.30. The van der Waals surface area contributed by atoms with Crippen LogP contribution in [0.1, 0.15) is 17.5 Å². The lowest BCUT2D eigenvalue weighted by Crippen LogP contribution is -2.26. The van der Waals surface area contributed by atoms with Crippen molar-refractivity contribution in [2.45, 2.75) is 19.4 Å². The molecule has 0 aliphatic carbocycles. The molecule has 0 saturated carbocycles. The molecule has 3 rings (SSSR count). The van der Waals surface area contributed by atoms with E-state index < -0.39 is 0 Å². The highest BCUT2D eigenvalue weighted by Crippen LogP contribution is 2.19. The third-order valence-electron chi connectivity index (χ3n) is 4.35. The monoisotopic (exact) mass is 349 g/mol. The maximum atomic E-state index is 12.4. The van der Waals surface area contributed by atoms with E-state index in [0.717, 1.165) is 22.6 Å². The zero-order chi connectivity index (χ0) is 18.4. The van der Waals surface area contributed by atoms with E-state index in [1.165, 1.54) is 0 Å².